The van der Waals surface area contributed by atoms with E-state index >= 15 is 0 Å². The predicted molar refractivity (Wildman–Crippen MR) is 60.6 cm³/mol. The quantitative estimate of drug-likeness (QED) is 0.563. The highest BCUT2D eigenvalue weighted by molar-refractivity contribution is 5.80. The number of hydrogen-bond donors (Lipinski definition) is 2. The van der Waals surface area contributed by atoms with Gasteiger partial charge < -0.3 is 20.7 Å². The molecule has 0 rings (SSSR count). The lowest BCUT2D eigenvalue weighted by molar-refractivity contribution is -0.121. The topological polar surface area (TPSA) is 67.6 Å². The molecule has 3 N–H and O–H groups in total. The number of likely N-dealkylation sites (N-methyl/N-ethyl adjacent to an activating group) is 1. The average Bonchev–Trinajstić information content (AvgIpc) is 2.11. The van der Waals surface area contributed by atoms with Crippen molar-refractivity contribution in [3.63, 3.8) is 0 Å². The molecule has 0 aromatic rings. The van der Waals surface area contributed by atoms with Crippen LogP contribution < -0.4 is 11.1 Å². The number of ether oxygens (including phenoxy) is 1. The van der Waals surface area contributed by atoms with E-state index in [0.717, 1.165) is 13.1 Å². The van der Waals surface area contributed by atoms with Crippen LogP contribution in [0.3, 0.4) is 0 Å². The molecular weight excluding hydrogens is 194 g/mol. The minimum absolute atomic E-state index is 0.0923. The number of methoxy groups -OCH3 is 1. The first-order valence-corrected chi connectivity index (χ1v) is 5.15. The first-order valence-electron chi connectivity index (χ1n) is 5.15. The van der Waals surface area contributed by atoms with Gasteiger partial charge in [-0.1, -0.05) is 6.92 Å². The van der Waals surface area contributed by atoms with E-state index < -0.39 is 0 Å². The van der Waals surface area contributed by atoms with Gasteiger partial charge in [-0.15, -0.1) is 0 Å². The van der Waals surface area contributed by atoms with Crippen LogP contribution in [0, 0.1) is 5.92 Å². The molecule has 0 saturated heterocycles. The zero-order valence-corrected chi connectivity index (χ0v) is 10.1. The van der Waals surface area contributed by atoms with Crippen LogP contribution in [0.5, 0.6) is 0 Å². The van der Waals surface area contributed by atoms with Crippen molar-refractivity contribution in [2.45, 2.75) is 13.0 Å². The minimum atomic E-state index is -0.321. The Kier molecular flexibility index (Phi) is 7.29. The molecule has 2 unspecified atom stereocenters. The molecule has 0 aliphatic carbocycles. The van der Waals surface area contributed by atoms with E-state index in [2.05, 4.69) is 5.32 Å². The third-order valence-electron chi connectivity index (χ3n) is 2.23. The summed E-state index contributed by atoms with van der Waals surface area (Å²) in [6.45, 7) is 4.10. The smallest absolute Gasteiger partial charge is 0.234 e. The molecule has 0 bridgehead atoms. The Hall–Kier alpha value is -0.650. The molecule has 0 radical (unpaired) electrons. The zero-order valence-electron chi connectivity index (χ0n) is 10.1. The third-order valence-corrected chi connectivity index (χ3v) is 2.23. The second kappa shape index (κ2) is 7.62. The summed E-state index contributed by atoms with van der Waals surface area (Å²) in [7, 11) is 5.59. The van der Waals surface area contributed by atoms with E-state index in [1.54, 1.807) is 7.11 Å². The molecular formula is C10H23N3O2. The number of amides is 1. The molecule has 0 aliphatic heterocycles. The maximum absolute atomic E-state index is 11.2. The van der Waals surface area contributed by atoms with Gasteiger partial charge in [-0.3, -0.25) is 4.79 Å². The van der Waals surface area contributed by atoms with E-state index in [9.17, 15) is 4.79 Å². The summed E-state index contributed by atoms with van der Waals surface area (Å²) in [5.41, 5.74) is 5.31. The summed E-state index contributed by atoms with van der Waals surface area (Å²) in [5, 5.41) is 3.14. The summed E-state index contributed by atoms with van der Waals surface area (Å²) in [6.07, 6.45) is 0. The molecule has 90 valence electrons. The molecule has 0 fully saturated rings. The van der Waals surface area contributed by atoms with Crippen molar-refractivity contribution in [1.82, 2.24) is 10.2 Å². The molecule has 0 heterocycles. The Morgan fingerprint density at radius 1 is 1.53 bits per heavy atom. The van der Waals surface area contributed by atoms with E-state index in [-0.39, 0.29) is 17.9 Å². The lowest BCUT2D eigenvalue weighted by atomic mass is 10.0. The van der Waals surface area contributed by atoms with Crippen LogP contribution in [0.15, 0.2) is 0 Å². The first kappa shape index (κ1) is 14.3. The van der Waals surface area contributed by atoms with Crippen LogP contribution >= 0.6 is 0 Å². The van der Waals surface area contributed by atoms with Gasteiger partial charge in [0, 0.05) is 26.1 Å². The van der Waals surface area contributed by atoms with Crippen molar-refractivity contribution < 1.29 is 9.53 Å². The number of nitrogens with two attached hydrogens (primary N) is 1. The Balaban J connectivity index is 3.99. The van der Waals surface area contributed by atoms with E-state index in [1.165, 1.54) is 0 Å². The van der Waals surface area contributed by atoms with Gasteiger partial charge in [-0.2, -0.15) is 0 Å². The Morgan fingerprint density at radius 2 is 2.13 bits per heavy atom. The molecule has 5 nitrogen and oxygen atoms in total. The van der Waals surface area contributed by atoms with Gasteiger partial charge in [0.25, 0.3) is 0 Å². The SMILES string of the molecule is COCC(C)C(NCCN(C)C)C(N)=O. The van der Waals surface area contributed by atoms with Crippen LogP contribution in [0.2, 0.25) is 0 Å². The number of nitrogens with zero attached hydrogens (tertiary/aromatic N) is 1. The van der Waals surface area contributed by atoms with Gasteiger partial charge in [-0.25, -0.2) is 0 Å². The number of carbonyl (C=O) groups excluding carboxylic acids is 1. The summed E-state index contributed by atoms with van der Waals surface area (Å²) in [5.74, 6) is -0.229. The molecule has 0 aliphatic rings. The second-order valence-electron chi connectivity index (χ2n) is 4.07. The molecule has 2 atom stereocenters. The lowest BCUT2D eigenvalue weighted by Crippen LogP contribution is -2.48. The van der Waals surface area contributed by atoms with Crippen molar-refractivity contribution in [1.29, 1.82) is 0 Å². The largest absolute Gasteiger partial charge is 0.384 e. The molecule has 0 aromatic heterocycles. The second-order valence-corrected chi connectivity index (χ2v) is 4.07. The lowest BCUT2D eigenvalue weighted by Gasteiger charge is -2.22. The molecule has 1 amide bonds. The highest BCUT2D eigenvalue weighted by Gasteiger charge is 2.21. The van der Waals surface area contributed by atoms with Crippen LogP contribution in [0.4, 0.5) is 0 Å². The Labute approximate surface area is 91.9 Å². The van der Waals surface area contributed by atoms with Crippen molar-refractivity contribution in [2.24, 2.45) is 11.7 Å². The van der Waals surface area contributed by atoms with Crippen molar-refractivity contribution in [3.05, 3.63) is 0 Å². The summed E-state index contributed by atoms with van der Waals surface area (Å²) >= 11 is 0. The number of hydrogen-bond acceptors (Lipinski definition) is 4. The standard InChI is InChI=1S/C10H23N3O2/c1-8(7-15-4)9(10(11)14)12-5-6-13(2)3/h8-9,12H,5-7H2,1-4H3,(H2,11,14). The van der Waals surface area contributed by atoms with Crippen LogP contribution in [0.1, 0.15) is 6.92 Å². The van der Waals surface area contributed by atoms with E-state index in [0.29, 0.717) is 6.61 Å². The van der Waals surface area contributed by atoms with Gasteiger partial charge in [-0.05, 0) is 14.1 Å². The summed E-state index contributed by atoms with van der Waals surface area (Å²) in [6, 6.07) is -0.315. The monoisotopic (exact) mass is 217 g/mol. The Bertz CT molecular complexity index is 186. The fraction of sp³-hybridized carbons (Fsp3) is 0.900. The van der Waals surface area contributed by atoms with E-state index in [4.69, 9.17) is 10.5 Å². The molecule has 0 saturated carbocycles. The van der Waals surface area contributed by atoms with Crippen molar-refractivity contribution >= 4 is 5.91 Å². The van der Waals surface area contributed by atoms with Crippen molar-refractivity contribution in [2.75, 3.05) is 40.9 Å². The summed E-state index contributed by atoms with van der Waals surface area (Å²) < 4.78 is 5.00. The maximum Gasteiger partial charge on any atom is 0.234 e. The maximum atomic E-state index is 11.2. The molecule has 0 aromatic carbocycles. The number of nitrogens with one attached hydrogen (secondary N) is 1. The number of primary amides is 1. The van der Waals surface area contributed by atoms with Crippen molar-refractivity contribution in [3.8, 4) is 0 Å². The fourth-order valence-electron chi connectivity index (χ4n) is 1.38. The highest BCUT2D eigenvalue weighted by atomic mass is 16.5. The normalized spacial score (nSPS) is 15.3. The zero-order chi connectivity index (χ0) is 11.8. The first-order chi connectivity index (χ1) is 6.99. The average molecular weight is 217 g/mol. The van der Waals surface area contributed by atoms with Crippen LogP contribution in [-0.2, 0) is 9.53 Å². The highest BCUT2D eigenvalue weighted by Crippen LogP contribution is 2.02. The van der Waals surface area contributed by atoms with Gasteiger partial charge in [0.05, 0.1) is 12.6 Å². The third kappa shape index (κ3) is 6.43. The minimum Gasteiger partial charge on any atom is -0.384 e. The molecule has 0 spiro atoms. The molecule has 5 heteroatoms. The fourth-order valence-corrected chi connectivity index (χ4v) is 1.38. The Morgan fingerprint density at radius 3 is 2.53 bits per heavy atom. The predicted octanol–water partition coefficient (Wildman–Crippen LogP) is -0.726. The van der Waals surface area contributed by atoms with Crippen LogP contribution in [-0.4, -0.2) is 57.8 Å². The van der Waals surface area contributed by atoms with Gasteiger partial charge >= 0.3 is 0 Å². The summed E-state index contributed by atoms with van der Waals surface area (Å²) in [4.78, 5) is 13.2. The van der Waals surface area contributed by atoms with Gasteiger partial charge in [0.2, 0.25) is 5.91 Å². The molecule has 15 heavy (non-hydrogen) atoms. The van der Waals surface area contributed by atoms with Crippen LogP contribution in [0.25, 0.3) is 0 Å². The van der Waals surface area contributed by atoms with Gasteiger partial charge in [0.15, 0.2) is 0 Å². The van der Waals surface area contributed by atoms with Gasteiger partial charge in [0.1, 0.15) is 0 Å². The number of rotatable bonds is 8. The number of carbonyl (C=O) groups is 1. The van der Waals surface area contributed by atoms with E-state index in [1.807, 2.05) is 25.9 Å².